The molecule has 0 radical (unpaired) electrons. The third kappa shape index (κ3) is 5.55. The van der Waals surface area contributed by atoms with Crippen molar-refractivity contribution in [3.05, 3.63) is 94.9 Å². The average molecular weight is 454 g/mol. The van der Waals surface area contributed by atoms with E-state index in [1.54, 1.807) is 25.3 Å². The van der Waals surface area contributed by atoms with Crippen LogP contribution in [0.2, 0.25) is 0 Å². The van der Waals surface area contributed by atoms with Crippen molar-refractivity contribution >= 4 is 27.4 Å². The Balaban J connectivity index is 1.60. The second-order valence-corrected chi connectivity index (χ2v) is 7.47. The van der Waals surface area contributed by atoms with E-state index in [2.05, 4.69) is 21.2 Å². The van der Waals surface area contributed by atoms with Crippen molar-refractivity contribution in [2.75, 3.05) is 5.32 Å². The van der Waals surface area contributed by atoms with Crippen LogP contribution < -0.4 is 10.1 Å². The van der Waals surface area contributed by atoms with Gasteiger partial charge in [0.05, 0.1) is 0 Å². The van der Waals surface area contributed by atoms with Crippen LogP contribution in [0, 0.1) is 12.7 Å². The van der Waals surface area contributed by atoms with Gasteiger partial charge in [-0.15, -0.1) is 0 Å². The maximum atomic E-state index is 14.4. The molecule has 0 aliphatic carbocycles. The summed E-state index contributed by atoms with van der Waals surface area (Å²) >= 11 is 3.45. The van der Waals surface area contributed by atoms with E-state index < -0.39 is 11.9 Å². The minimum Gasteiger partial charge on any atom is -0.482 e. The second-order valence-electron chi connectivity index (χ2n) is 6.61. The van der Waals surface area contributed by atoms with Crippen LogP contribution in [-0.4, -0.2) is 11.9 Å². The molecule has 0 heterocycles. The molecule has 3 nitrogen and oxygen atoms in total. The molecule has 148 valence electrons. The standard InChI is InChI=1S/C24H21BrFNO2/c1-16-14-19(8-11-22(16)25)27-13-12-24(28)17(2)29-20-9-10-21(23(26)15-20)18-6-4-3-5-7-18/h3-15,17,27H,1-2H3/b13-12+/t17-/m1/s1. The SMILES string of the molecule is Cc1cc(N/C=C/C(=O)[C@@H](C)Oc2ccc(-c3ccccc3)c(F)c2)ccc1Br. The van der Waals surface area contributed by atoms with Gasteiger partial charge < -0.3 is 10.1 Å². The van der Waals surface area contributed by atoms with E-state index in [1.807, 2.05) is 55.5 Å². The smallest absolute Gasteiger partial charge is 0.197 e. The van der Waals surface area contributed by atoms with Gasteiger partial charge in [-0.3, -0.25) is 4.79 Å². The fourth-order valence-electron chi connectivity index (χ4n) is 2.77. The van der Waals surface area contributed by atoms with E-state index in [-0.39, 0.29) is 5.78 Å². The summed E-state index contributed by atoms with van der Waals surface area (Å²) in [5, 5.41) is 3.06. The van der Waals surface area contributed by atoms with E-state index in [1.165, 1.54) is 12.1 Å². The predicted molar refractivity (Wildman–Crippen MR) is 119 cm³/mol. The summed E-state index contributed by atoms with van der Waals surface area (Å²) in [7, 11) is 0. The van der Waals surface area contributed by atoms with Crippen molar-refractivity contribution in [3.63, 3.8) is 0 Å². The summed E-state index contributed by atoms with van der Waals surface area (Å²) in [6, 6.07) is 19.7. The largest absolute Gasteiger partial charge is 0.482 e. The summed E-state index contributed by atoms with van der Waals surface area (Å²) in [5.74, 6) is -0.303. The molecule has 0 spiro atoms. The van der Waals surface area contributed by atoms with E-state index in [0.717, 1.165) is 21.3 Å². The molecule has 0 aliphatic rings. The number of hydrogen-bond donors (Lipinski definition) is 1. The Morgan fingerprint density at radius 2 is 1.86 bits per heavy atom. The lowest BCUT2D eigenvalue weighted by atomic mass is 10.1. The molecule has 0 bridgehead atoms. The third-order valence-electron chi connectivity index (χ3n) is 4.39. The van der Waals surface area contributed by atoms with Crippen molar-refractivity contribution in [1.82, 2.24) is 0 Å². The zero-order valence-corrected chi connectivity index (χ0v) is 17.7. The minimum atomic E-state index is -0.735. The highest BCUT2D eigenvalue weighted by molar-refractivity contribution is 9.10. The predicted octanol–water partition coefficient (Wildman–Crippen LogP) is 6.53. The molecule has 3 aromatic rings. The summed E-state index contributed by atoms with van der Waals surface area (Å²) < 4.78 is 21.1. The van der Waals surface area contributed by atoms with E-state index >= 15 is 0 Å². The number of benzene rings is 3. The molecular weight excluding hydrogens is 433 g/mol. The van der Waals surface area contributed by atoms with Crippen molar-refractivity contribution in [2.45, 2.75) is 20.0 Å². The lowest BCUT2D eigenvalue weighted by Crippen LogP contribution is -2.22. The van der Waals surface area contributed by atoms with Crippen molar-refractivity contribution in [1.29, 1.82) is 0 Å². The van der Waals surface area contributed by atoms with Gasteiger partial charge in [0.15, 0.2) is 11.9 Å². The number of ether oxygens (including phenoxy) is 1. The Labute approximate surface area is 178 Å². The second kappa shape index (κ2) is 9.52. The van der Waals surface area contributed by atoms with E-state index in [9.17, 15) is 9.18 Å². The monoisotopic (exact) mass is 453 g/mol. The molecule has 3 rings (SSSR count). The molecule has 5 heteroatoms. The van der Waals surface area contributed by atoms with Crippen LogP contribution in [0.5, 0.6) is 5.75 Å². The van der Waals surface area contributed by atoms with Gasteiger partial charge in [0.2, 0.25) is 0 Å². The van der Waals surface area contributed by atoms with Gasteiger partial charge in [0.25, 0.3) is 0 Å². The van der Waals surface area contributed by atoms with Gasteiger partial charge in [0, 0.05) is 34.1 Å². The number of carbonyl (C=O) groups is 1. The van der Waals surface area contributed by atoms with Crippen LogP contribution in [0.15, 0.2) is 83.5 Å². The van der Waals surface area contributed by atoms with Crippen LogP contribution >= 0.6 is 15.9 Å². The van der Waals surface area contributed by atoms with Gasteiger partial charge in [-0.25, -0.2) is 4.39 Å². The first-order chi connectivity index (χ1) is 13.9. The normalized spacial score (nSPS) is 12.0. The van der Waals surface area contributed by atoms with Gasteiger partial charge in [0.1, 0.15) is 11.6 Å². The Kier molecular flexibility index (Phi) is 6.83. The number of halogens is 2. The summed E-state index contributed by atoms with van der Waals surface area (Å²) in [6.45, 7) is 3.63. The number of hydrogen-bond acceptors (Lipinski definition) is 3. The van der Waals surface area contributed by atoms with Gasteiger partial charge in [-0.05, 0) is 55.3 Å². The molecule has 0 fully saturated rings. The topological polar surface area (TPSA) is 38.3 Å². The summed E-state index contributed by atoms with van der Waals surface area (Å²) in [6.07, 6.45) is 2.25. The Morgan fingerprint density at radius 1 is 1.10 bits per heavy atom. The Hall–Kier alpha value is -2.92. The van der Waals surface area contributed by atoms with Gasteiger partial charge >= 0.3 is 0 Å². The molecule has 0 aromatic heterocycles. The Bertz CT molecular complexity index is 1030. The molecule has 0 amide bonds. The molecule has 0 saturated carbocycles. The highest BCUT2D eigenvalue weighted by Crippen LogP contribution is 2.26. The maximum absolute atomic E-state index is 14.4. The van der Waals surface area contributed by atoms with Crippen molar-refractivity contribution in [3.8, 4) is 16.9 Å². The first kappa shape index (κ1) is 20.8. The number of aryl methyl sites for hydroxylation is 1. The number of anilines is 1. The number of carbonyl (C=O) groups excluding carboxylic acids is 1. The van der Waals surface area contributed by atoms with Crippen molar-refractivity contribution in [2.24, 2.45) is 0 Å². The quantitative estimate of drug-likeness (QED) is 0.413. The molecule has 0 unspecified atom stereocenters. The molecule has 0 saturated heterocycles. The van der Waals surface area contributed by atoms with Crippen LogP contribution in [0.25, 0.3) is 11.1 Å². The minimum absolute atomic E-state index is 0.223. The third-order valence-corrected chi connectivity index (χ3v) is 5.28. The van der Waals surface area contributed by atoms with Crippen LogP contribution in [0.3, 0.4) is 0 Å². The van der Waals surface area contributed by atoms with Gasteiger partial charge in [-0.1, -0.05) is 46.3 Å². The van der Waals surface area contributed by atoms with E-state index in [4.69, 9.17) is 4.74 Å². The summed E-state index contributed by atoms with van der Waals surface area (Å²) in [5.41, 5.74) is 3.25. The molecule has 0 aliphatic heterocycles. The lowest BCUT2D eigenvalue weighted by Gasteiger charge is -2.13. The van der Waals surface area contributed by atoms with Crippen LogP contribution in [-0.2, 0) is 4.79 Å². The summed E-state index contributed by atoms with van der Waals surface area (Å²) in [4.78, 5) is 12.3. The zero-order valence-electron chi connectivity index (χ0n) is 16.2. The average Bonchev–Trinajstić information content (AvgIpc) is 2.71. The lowest BCUT2D eigenvalue weighted by molar-refractivity contribution is -0.120. The fourth-order valence-corrected chi connectivity index (χ4v) is 3.02. The highest BCUT2D eigenvalue weighted by atomic mass is 79.9. The van der Waals surface area contributed by atoms with Crippen LogP contribution in [0.1, 0.15) is 12.5 Å². The first-order valence-electron chi connectivity index (χ1n) is 9.19. The Morgan fingerprint density at radius 3 is 2.55 bits per heavy atom. The highest BCUT2D eigenvalue weighted by Gasteiger charge is 2.13. The molecule has 29 heavy (non-hydrogen) atoms. The number of ketones is 1. The number of rotatable bonds is 7. The molecule has 1 atom stereocenters. The number of nitrogens with one attached hydrogen (secondary N) is 1. The van der Waals surface area contributed by atoms with Crippen molar-refractivity contribution < 1.29 is 13.9 Å². The van der Waals surface area contributed by atoms with Gasteiger partial charge in [-0.2, -0.15) is 0 Å². The maximum Gasteiger partial charge on any atom is 0.197 e. The van der Waals surface area contributed by atoms with Crippen LogP contribution in [0.4, 0.5) is 10.1 Å². The molecule has 1 N–H and O–H groups in total. The molecule has 3 aromatic carbocycles. The van der Waals surface area contributed by atoms with E-state index in [0.29, 0.717) is 11.3 Å². The first-order valence-corrected chi connectivity index (χ1v) is 9.98. The molecular formula is C24H21BrFNO2. The fraction of sp³-hybridized carbons (Fsp3) is 0.125. The zero-order chi connectivity index (χ0) is 20.8.